The summed E-state index contributed by atoms with van der Waals surface area (Å²) >= 11 is 6.00. The molecular formula is C23H18ClN3O2. The van der Waals surface area contributed by atoms with Crippen molar-refractivity contribution in [2.75, 3.05) is 11.9 Å². The molecule has 0 saturated carbocycles. The monoisotopic (exact) mass is 403 g/mol. The smallest absolute Gasteiger partial charge is 0.259 e. The Morgan fingerprint density at radius 3 is 2.72 bits per heavy atom. The Labute approximate surface area is 173 Å². The first-order chi connectivity index (χ1) is 14.2. The summed E-state index contributed by atoms with van der Waals surface area (Å²) in [5.41, 5.74) is 4.27. The van der Waals surface area contributed by atoms with E-state index in [4.69, 9.17) is 16.0 Å². The lowest BCUT2D eigenvalue weighted by atomic mass is 10.1. The number of carbonyl (C=O) groups is 1. The van der Waals surface area contributed by atoms with Gasteiger partial charge in [0.25, 0.3) is 5.91 Å². The van der Waals surface area contributed by atoms with E-state index in [1.165, 1.54) is 6.21 Å². The van der Waals surface area contributed by atoms with Gasteiger partial charge in [0, 0.05) is 21.7 Å². The first kappa shape index (κ1) is 18.8. The van der Waals surface area contributed by atoms with Crippen molar-refractivity contribution in [3.63, 3.8) is 0 Å². The molecule has 1 heterocycles. The number of rotatable bonds is 6. The summed E-state index contributed by atoms with van der Waals surface area (Å²) in [6, 6.07) is 24.9. The van der Waals surface area contributed by atoms with Gasteiger partial charge in [-0.1, -0.05) is 60.1 Å². The number of benzene rings is 3. The second kappa shape index (κ2) is 8.63. The van der Waals surface area contributed by atoms with E-state index in [2.05, 4.69) is 15.8 Å². The van der Waals surface area contributed by atoms with E-state index >= 15 is 0 Å². The molecule has 144 valence electrons. The molecule has 2 N–H and O–H groups in total. The van der Waals surface area contributed by atoms with Crippen molar-refractivity contribution in [3.8, 4) is 11.3 Å². The highest BCUT2D eigenvalue weighted by Gasteiger charge is 2.05. The van der Waals surface area contributed by atoms with Gasteiger partial charge in [-0.05, 0) is 35.7 Å². The summed E-state index contributed by atoms with van der Waals surface area (Å²) in [6.07, 6.45) is 1.46. The number of fused-ring (bicyclic) bond motifs is 1. The van der Waals surface area contributed by atoms with Crippen LogP contribution in [-0.2, 0) is 4.79 Å². The number of furan rings is 1. The van der Waals surface area contributed by atoms with Gasteiger partial charge in [0.15, 0.2) is 0 Å². The molecule has 0 saturated heterocycles. The highest BCUT2D eigenvalue weighted by molar-refractivity contribution is 6.30. The Morgan fingerprint density at radius 2 is 1.83 bits per heavy atom. The average molecular weight is 404 g/mol. The summed E-state index contributed by atoms with van der Waals surface area (Å²) in [6.45, 7) is 0.108. The highest BCUT2D eigenvalue weighted by Crippen LogP contribution is 2.24. The molecule has 5 nitrogen and oxygen atoms in total. The van der Waals surface area contributed by atoms with Gasteiger partial charge in [0.1, 0.15) is 11.5 Å². The molecule has 0 aliphatic rings. The van der Waals surface area contributed by atoms with Gasteiger partial charge in [-0.25, -0.2) is 5.43 Å². The topological polar surface area (TPSA) is 66.6 Å². The number of amides is 1. The van der Waals surface area contributed by atoms with Crippen LogP contribution in [0.3, 0.4) is 0 Å². The second-order valence-corrected chi connectivity index (χ2v) is 6.82. The summed E-state index contributed by atoms with van der Waals surface area (Å²) in [7, 11) is 0. The molecule has 1 amide bonds. The van der Waals surface area contributed by atoms with E-state index in [-0.39, 0.29) is 12.5 Å². The third-order valence-corrected chi connectivity index (χ3v) is 4.58. The van der Waals surface area contributed by atoms with Gasteiger partial charge < -0.3 is 9.73 Å². The molecule has 3 aromatic carbocycles. The Balaban J connectivity index is 1.33. The van der Waals surface area contributed by atoms with E-state index in [9.17, 15) is 4.79 Å². The van der Waals surface area contributed by atoms with E-state index in [0.29, 0.717) is 16.5 Å². The zero-order chi connectivity index (χ0) is 20.1. The second-order valence-electron chi connectivity index (χ2n) is 6.39. The zero-order valence-electron chi connectivity index (χ0n) is 15.4. The molecule has 0 fully saturated rings. The lowest BCUT2D eigenvalue weighted by Crippen LogP contribution is -2.25. The van der Waals surface area contributed by atoms with Crippen molar-refractivity contribution in [2.45, 2.75) is 0 Å². The normalized spacial score (nSPS) is 11.1. The molecule has 29 heavy (non-hydrogen) atoms. The van der Waals surface area contributed by atoms with Crippen LogP contribution in [0.15, 0.2) is 88.4 Å². The number of anilines is 1. The third-order valence-electron chi connectivity index (χ3n) is 4.35. The Kier molecular flexibility index (Phi) is 5.59. The molecule has 4 aromatic rings. The summed E-state index contributed by atoms with van der Waals surface area (Å²) < 4.78 is 5.71. The number of hydrogen-bond donors (Lipinski definition) is 2. The Hall–Kier alpha value is -3.57. The first-order valence-corrected chi connectivity index (χ1v) is 9.46. The number of nitrogens with one attached hydrogen (secondary N) is 2. The summed E-state index contributed by atoms with van der Waals surface area (Å²) in [5.74, 6) is 0.955. The molecule has 0 aliphatic carbocycles. The van der Waals surface area contributed by atoms with Gasteiger partial charge in [-0.3, -0.25) is 4.79 Å². The SMILES string of the molecule is O=C(CNc1cccc2ccccc12)N/N=C/c1ccc(-c2cccc(Cl)c2)o1. The van der Waals surface area contributed by atoms with Crippen LogP contribution in [0.1, 0.15) is 5.76 Å². The molecule has 1 aromatic heterocycles. The molecule has 6 heteroatoms. The van der Waals surface area contributed by atoms with Crippen molar-refractivity contribution >= 4 is 40.2 Å². The molecular weight excluding hydrogens is 386 g/mol. The van der Waals surface area contributed by atoms with Crippen molar-refractivity contribution in [1.29, 1.82) is 0 Å². The maximum atomic E-state index is 12.1. The van der Waals surface area contributed by atoms with Crippen molar-refractivity contribution in [3.05, 3.63) is 89.6 Å². The van der Waals surface area contributed by atoms with Crippen LogP contribution in [-0.4, -0.2) is 18.7 Å². The maximum absolute atomic E-state index is 12.1. The highest BCUT2D eigenvalue weighted by atomic mass is 35.5. The fraction of sp³-hybridized carbons (Fsp3) is 0.0435. The minimum atomic E-state index is -0.254. The van der Waals surface area contributed by atoms with Crippen LogP contribution < -0.4 is 10.7 Å². The Bertz CT molecular complexity index is 1180. The minimum absolute atomic E-state index is 0.108. The maximum Gasteiger partial charge on any atom is 0.259 e. The number of carbonyl (C=O) groups excluding carboxylic acids is 1. The lowest BCUT2D eigenvalue weighted by Gasteiger charge is -2.08. The molecule has 0 bridgehead atoms. The van der Waals surface area contributed by atoms with Gasteiger partial charge in [-0.15, -0.1) is 0 Å². The Morgan fingerprint density at radius 1 is 1.00 bits per heavy atom. The third kappa shape index (κ3) is 4.65. The first-order valence-electron chi connectivity index (χ1n) is 9.08. The van der Waals surface area contributed by atoms with Crippen LogP contribution in [0.25, 0.3) is 22.1 Å². The van der Waals surface area contributed by atoms with Crippen LogP contribution in [0.4, 0.5) is 5.69 Å². The fourth-order valence-electron chi connectivity index (χ4n) is 2.98. The molecule has 0 aliphatic heterocycles. The van der Waals surface area contributed by atoms with Gasteiger partial charge in [0.2, 0.25) is 0 Å². The fourth-order valence-corrected chi connectivity index (χ4v) is 3.17. The van der Waals surface area contributed by atoms with E-state index < -0.39 is 0 Å². The van der Waals surface area contributed by atoms with Crippen LogP contribution in [0.2, 0.25) is 5.02 Å². The lowest BCUT2D eigenvalue weighted by molar-refractivity contribution is -0.119. The number of hydrogen-bond acceptors (Lipinski definition) is 4. The average Bonchev–Trinajstić information content (AvgIpc) is 3.21. The van der Waals surface area contributed by atoms with Crippen LogP contribution >= 0.6 is 11.6 Å². The quantitative estimate of drug-likeness (QED) is 0.338. The standard InChI is InChI=1S/C23H18ClN3O2/c24-18-8-3-7-17(13-18)22-12-11-19(29-22)14-26-27-23(28)15-25-21-10-4-6-16-5-1-2-9-20(16)21/h1-14,25H,15H2,(H,27,28)/b26-14+. The van der Waals surface area contributed by atoms with Crippen molar-refractivity contribution in [1.82, 2.24) is 5.43 Å². The largest absolute Gasteiger partial charge is 0.455 e. The molecule has 0 atom stereocenters. The number of halogens is 1. The zero-order valence-corrected chi connectivity index (χ0v) is 16.2. The van der Waals surface area contributed by atoms with E-state index in [1.807, 2.05) is 66.7 Å². The minimum Gasteiger partial charge on any atom is -0.455 e. The molecule has 0 radical (unpaired) electrons. The molecule has 0 spiro atoms. The van der Waals surface area contributed by atoms with Gasteiger partial charge >= 0.3 is 0 Å². The summed E-state index contributed by atoms with van der Waals surface area (Å²) in [5, 5.41) is 9.92. The molecule has 4 rings (SSSR count). The number of hydrazone groups is 1. The number of nitrogens with zero attached hydrogens (tertiary/aromatic N) is 1. The van der Waals surface area contributed by atoms with Gasteiger partial charge in [-0.2, -0.15) is 5.10 Å². The van der Waals surface area contributed by atoms with Gasteiger partial charge in [0.05, 0.1) is 12.8 Å². The van der Waals surface area contributed by atoms with Crippen LogP contribution in [0.5, 0.6) is 0 Å². The van der Waals surface area contributed by atoms with E-state index in [0.717, 1.165) is 22.0 Å². The van der Waals surface area contributed by atoms with Crippen LogP contribution in [0, 0.1) is 0 Å². The predicted molar refractivity (Wildman–Crippen MR) is 117 cm³/mol. The molecule has 0 unspecified atom stereocenters. The van der Waals surface area contributed by atoms with Crippen molar-refractivity contribution < 1.29 is 9.21 Å². The summed E-state index contributed by atoms with van der Waals surface area (Å²) in [4.78, 5) is 12.1. The predicted octanol–water partition coefficient (Wildman–Crippen LogP) is 5.32. The van der Waals surface area contributed by atoms with E-state index in [1.54, 1.807) is 12.1 Å². The van der Waals surface area contributed by atoms with Crippen molar-refractivity contribution in [2.24, 2.45) is 5.10 Å².